The molecule has 196 valence electrons. The van der Waals surface area contributed by atoms with E-state index in [0.29, 0.717) is 41.8 Å². The second-order valence-corrected chi connectivity index (χ2v) is 9.75. The van der Waals surface area contributed by atoms with Crippen molar-refractivity contribution in [1.82, 2.24) is 10.3 Å². The van der Waals surface area contributed by atoms with Gasteiger partial charge in [0.2, 0.25) is 5.91 Å². The first-order valence-corrected chi connectivity index (χ1v) is 12.8. The molecular weight excluding hydrogens is 513 g/mol. The molecule has 0 aliphatic carbocycles. The van der Waals surface area contributed by atoms with Gasteiger partial charge in [-0.25, -0.2) is 18.2 Å². The number of carbonyl (C=O) groups excluding carboxylic acids is 1. The van der Waals surface area contributed by atoms with Gasteiger partial charge < -0.3 is 16.0 Å². The van der Waals surface area contributed by atoms with E-state index < -0.39 is 17.5 Å². The summed E-state index contributed by atoms with van der Waals surface area (Å²) < 4.78 is 44.1. The molecule has 1 aromatic heterocycles. The van der Waals surface area contributed by atoms with E-state index in [1.807, 2.05) is 6.08 Å². The number of carbonyl (C=O) groups is 1. The Hall–Kier alpha value is -3.78. The minimum absolute atomic E-state index is 0.144. The van der Waals surface area contributed by atoms with Gasteiger partial charge in [-0.1, -0.05) is 30.2 Å². The van der Waals surface area contributed by atoms with Crippen LogP contribution >= 0.6 is 11.6 Å². The molecule has 9 heteroatoms. The van der Waals surface area contributed by atoms with Crippen LogP contribution in [0.1, 0.15) is 42.9 Å². The third-order valence-corrected chi connectivity index (χ3v) is 7.23. The molecule has 3 N–H and O–H groups in total. The zero-order valence-electron chi connectivity index (χ0n) is 20.6. The Labute approximate surface area is 223 Å². The molecule has 0 saturated heterocycles. The summed E-state index contributed by atoms with van der Waals surface area (Å²) in [6.07, 6.45) is 7.43. The minimum atomic E-state index is -0.822. The minimum Gasteiger partial charge on any atom is -0.388 e. The van der Waals surface area contributed by atoms with Gasteiger partial charge in [0.25, 0.3) is 0 Å². The van der Waals surface area contributed by atoms with Crippen molar-refractivity contribution in [3.63, 3.8) is 0 Å². The molecule has 0 fully saturated rings. The van der Waals surface area contributed by atoms with E-state index in [1.165, 1.54) is 12.1 Å². The van der Waals surface area contributed by atoms with Gasteiger partial charge >= 0.3 is 0 Å². The van der Waals surface area contributed by atoms with Crippen LogP contribution in [-0.2, 0) is 4.79 Å². The lowest BCUT2D eigenvalue weighted by Crippen LogP contribution is -2.32. The molecule has 1 amide bonds. The Bertz CT molecular complexity index is 1460. The monoisotopic (exact) mass is 538 g/mol. The van der Waals surface area contributed by atoms with Gasteiger partial charge in [-0.15, -0.1) is 0 Å². The first-order chi connectivity index (χ1) is 18.4. The average Bonchev–Trinajstić information content (AvgIpc) is 2.91. The van der Waals surface area contributed by atoms with Gasteiger partial charge in [-0.3, -0.25) is 4.79 Å². The average molecular weight is 539 g/mol. The molecule has 2 bridgehead atoms. The van der Waals surface area contributed by atoms with E-state index in [4.69, 9.17) is 16.6 Å². The quantitative estimate of drug-likeness (QED) is 0.313. The second kappa shape index (κ2) is 10.9. The van der Waals surface area contributed by atoms with Crippen molar-refractivity contribution in [1.29, 1.82) is 0 Å². The van der Waals surface area contributed by atoms with Crippen molar-refractivity contribution in [2.75, 3.05) is 17.7 Å². The number of anilines is 2. The highest BCUT2D eigenvalue weighted by Gasteiger charge is 2.27. The van der Waals surface area contributed by atoms with Gasteiger partial charge in [0.05, 0.1) is 22.3 Å². The summed E-state index contributed by atoms with van der Waals surface area (Å²) in [4.78, 5) is 17.4. The summed E-state index contributed by atoms with van der Waals surface area (Å²) in [6.45, 7) is 0. The number of amides is 1. The number of hydrogen-bond acceptors (Lipinski definition) is 4. The zero-order valence-corrected chi connectivity index (χ0v) is 21.4. The fraction of sp³-hybridized carbons (Fsp3) is 0.241. The molecule has 0 spiro atoms. The van der Waals surface area contributed by atoms with E-state index in [0.717, 1.165) is 18.2 Å². The van der Waals surface area contributed by atoms with Gasteiger partial charge in [-0.2, -0.15) is 0 Å². The van der Waals surface area contributed by atoms with Crippen molar-refractivity contribution in [2.45, 2.75) is 37.6 Å². The SMILES string of the molecule is CNc1ccc2c(c1)NC(=O)CCCCC(C1C=CC(c3c(F)ccc(Cl)c3F)=CN1)c1ccc(F)c-2n1. The maximum atomic E-state index is 15.1. The third-order valence-electron chi connectivity index (χ3n) is 6.93. The zero-order chi connectivity index (χ0) is 26.8. The lowest BCUT2D eigenvalue weighted by atomic mass is 9.87. The van der Waals surface area contributed by atoms with E-state index in [9.17, 15) is 13.6 Å². The number of halogens is 4. The maximum Gasteiger partial charge on any atom is 0.224 e. The Morgan fingerprint density at radius 1 is 1.05 bits per heavy atom. The van der Waals surface area contributed by atoms with Crippen molar-refractivity contribution in [3.05, 3.63) is 94.5 Å². The van der Waals surface area contributed by atoms with Crippen LogP contribution in [0.15, 0.2) is 60.8 Å². The van der Waals surface area contributed by atoms with Gasteiger partial charge in [0.1, 0.15) is 17.3 Å². The largest absolute Gasteiger partial charge is 0.388 e. The van der Waals surface area contributed by atoms with Crippen LogP contribution in [0.3, 0.4) is 0 Å². The third kappa shape index (κ3) is 5.13. The van der Waals surface area contributed by atoms with Crippen LogP contribution in [0.5, 0.6) is 0 Å². The highest BCUT2D eigenvalue weighted by molar-refractivity contribution is 6.31. The Morgan fingerprint density at radius 2 is 1.87 bits per heavy atom. The van der Waals surface area contributed by atoms with Gasteiger partial charge in [-0.05, 0) is 55.3 Å². The molecule has 2 unspecified atom stereocenters. The smallest absolute Gasteiger partial charge is 0.224 e. The summed E-state index contributed by atoms with van der Waals surface area (Å²) in [5.74, 6) is -2.37. The number of nitrogens with one attached hydrogen (secondary N) is 3. The van der Waals surface area contributed by atoms with E-state index in [-0.39, 0.29) is 34.1 Å². The first-order valence-electron chi connectivity index (χ1n) is 12.4. The van der Waals surface area contributed by atoms with Crippen molar-refractivity contribution >= 4 is 34.5 Å². The van der Waals surface area contributed by atoms with Crippen molar-refractivity contribution < 1.29 is 18.0 Å². The number of fused-ring (bicyclic) bond motifs is 4. The molecule has 38 heavy (non-hydrogen) atoms. The molecule has 0 radical (unpaired) electrons. The number of nitrogens with zero attached hydrogens (tertiary/aromatic N) is 1. The Morgan fingerprint density at radius 3 is 2.63 bits per heavy atom. The van der Waals surface area contributed by atoms with Crippen molar-refractivity contribution in [2.24, 2.45) is 0 Å². The van der Waals surface area contributed by atoms with Crippen LogP contribution in [0.2, 0.25) is 5.02 Å². The van der Waals surface area contributed by atoms with E-state index in [1.54, 1.807) is 43.6 Å². The van der Waals surface area contributed by atoms with Crippen molar-refractivity contribution in [3.8, 4) is 11.3 Å². The molecule has 2 atom stereocenters. The predicted octanol–water partition coefficient (Wildman–Crippen LogP) is 7.03. The number of rotatable bonds is 3. The molecule has 2 aliphatic rings. The van der Waals surface area contributed by atoms with Gasteiger partial charge in [0.15, 0.2) is 5.82 Å². The van der Waals surface area contributed by atoms with Crippen LogP contribution in [0.25, 0.3) is 16.8 Å². The summed E-state index contributed by atoms with van der Waals surface area (Å²) in [7, 11) is 1.77. The lowest BCUT2D eigenvalue weighted by molar-refractivity contribution is -0.116. The molecule has 2 aliphatic heterocycles. The summed E-state index contributed by atoms with van der Waals surface area (Å²) in [5, 5.41) is 9.03. The Kier molecular flexibility index (Phi) is 7.42. The molecule has 3 heterocycles. The predicted molar refractivity (Wildman–Crippen MR) is 144 cm³/mol. The van der Waals surface area contributed by atoms with Crippen LogP contribution < -0.4 is 16.0 Å². The topological polar surface area (TPSA) is 66.0 Å². The normalized spacial score (nSPS) is 19.3. The lowest BCUT2D eigenvalue weighted by Gasteiger charge is -2.28. The molecule has 0 saturated carbocycles. The fourth-order valence-electron chi connectivity index (χ4n) is 4.93. The number of dihydropyridines is 1. The standard InChI is InChI=1S/C29H26ClF3N4O/c1-34-17-7-8-19-25(14-17)36-26(38)5-3-2-4-18(24-13-11-22(32)29(19)37-24)23-12-6-16(15-35-23)27-21(31)10-9-20(30)28(27)33/h6-15,18,23,34-35H,2-5H2,1H3,(H,36,38). The van der Waals surface area contributed by atoms with Crippen LogP contribution in [0.4, 0.5) is 24.5 Å². The molecular formula is C29H26ClF3N4O. The summed E-state index contributed by atoms with van der Waals surface area (Å²) >= 11 is 5.87. The number of hydrogen-bond donors (Lipinski definition) is 3. The van der Waals surface area contributed by atoms with Crippen LogP contribution in [-0.4, -0.2) is 24.0 Å². The Balaban J connectivity index is 1.52. The summed E-state index contributed by atoms with van der Waals surface area (Å²) in [5.41, 5.74) is 2.68. The molecule has 2 aromatic carbocycles. The number of pyridine rings is 1. The molecule has 5 rings (SSSR count). The highest BCUT2D eigenvalue weighted by Crippen LogP contribution is 2.36. The highest BCUT2D eigenvalue weighted by atomic mass is 35.5. The number of allylic oxidation sites excluding steroid dienone is 2. The second-order valence-electron chi connectivity index (χ2n) is 9.35. The molecule has 3 aromatic rings. The fourth-order valence-corrected chi connectivity index (χ4v) is 5.09. The van der Waals surface area contributed by atoms with Crippen LogP contribution in [0, 0.1) is 17.5 Å². The van der Waals surface area contributed by atoms with E-state index >= 15 is 4.39 Å². The maximum absolute atomic E-state index is 15.1. The summed E-state index contributed by atoms with van der Waals surface area (Å²) in [6, 6.07) is 10.4. The van der Waals surface area contributed by atoms with E-state index in [2.05, 4.69) is 16.0 Å². The number of aromatic nitrogens is 1. The molecule has 5 nitrogen and oxygen atoms in total. The first kappa shape index (κ1) is 25.9. The van der Waals surface area contributed by atoms with Gasteiger partial charge in [0, 0.05) is 48.1 Å². The number of benzene rings is 2.